The number of imidazole rings is 1. The molecular weight excluding hydrogens is 174 g/mol. The van der Waals surface area contributed by atoms with Crippen molar-refractivity contribution in [2.45, 2.75) is 0 Å². The van der Waals surface area contributed by atoms with Crippen LogP contribution in [0, 0.1) is 0 Å². The van der Waals surface area contributed by atoms with Gasteiger partial charge in [0, 0.05) is 11.6 Å². The lowest BCUT2D eigenvalue weighted by Gasteiger charge is -1.93. The Labute approximate surface area is 71.1 Å². The van der Waals surface area contributed by atoms with E-state index in [1.54, 1.807) is 4.52 Å². The average Bonchev–Trinajstić information content (AvgIpc) is 2.64. The standard InChI is InChI=1S/C6H3N5S/c1-2-12-6-9-4-5(8-3-7-4)10-11(1)6/h1-3H. The molecule has 3 heterocycles. The summed E-state index contributed by atoms with van der Waals surface area (Å²) in [6.45, 7) is 0. The third-order valence-corrected chi connectivity index (χ3v) is 2.28. The minimum Gasteiger partial charge on any atom is -0.213 e. The molecule has 2 aliphatic heterocycles. The summed E-state index contributed by atoms with van der Waals surface area (Å²) in [5.41, 5.74) is 0. The second kappa shape index (κ2) is 1.98. The minimum atomic E-state index is 0.589. The van der Waals surface area contributed by atoms with Crippen molar-refractivity contribution in [1.29, 1.82) is 0 Å². The van der Waals surface area contributed by atoms with Crippen molar-refractivity contribution in [2.75, 3.05) is 0 Å². The predicted octanol–water partition coefficient (Wildman–Crippen LogP) is 0.686. The number of hydrogen-bond donors (Lipinski definition) is 0. The van der Waals surface area contributed by atoms with Gasteiger partial charge in [0.25, 0.3) is 0 Å². The fourth-order valence-corrected chi connectivity index (χ4v) is 1.66. The number of fused-ring (bicyclic) bond motifs is 2. The monoisotopic (exact) mass is 177 g/mol. The average molecular weight is 177 g/mol. The van der Waals surface area contributed by atoms with Crippen molar-refractivity contribution in [3.63, 3.8) is 0 Å². The van der Waals surface area contributed by atoms with E-state index in [2.05, 4.69) is 20.1 Å². The topological polar surface area (TPSA) is 56.0 Å². The summed E-state index contributed by atoms with van der Waals surface area (Å²) in [6.07, 6.45) is 3.32. The number of thiazole rings is 1. The molecule has 0 saturated heterocycles. The molecule has 0 unspecified atom stereocenters. The largest absolute Gasteiger partial charge is 0.219 e. The van der Waals surface area contributed by atoms with Crippen molar-refractivity contribution in [1.82, 2.24) is 24.6 Å². The second-order valence-electron chi connectivity index (χ2n) is 2.26. The van der Waals surface area contributed by atoms with Gasteiger partial charge >= 0.3 is 0 Å². The zero-order valence-corrected chi connectivity index (χ0v) is 6.69. The second-order valence-corrected chi connectivity index (χ2v) is 3.14. The van der Waals surface area contributed by atoms with Crippen molar-refractivity contribution < 1.29 is 0 Å². The van der Waals surface area contributed by atoms with E-state index in [1.165, 1.54) is 17.7 Å². The van der Waals surface area contributed by atoms with Crippen molar-refractivity contribution in [2.24, 2.45) is 0 Å². The molecular formula is C6H3N5S. The van der Waals surface area contributed by atoms with E-state index in [0.717, 1.165) is 4.96 Å². The summed E-state index contributed by atoms with van der Waals surface area (Å²) in [5, 5.41) is 6.11. The van der Waals surface area contributed by atoms with Gasteiger partial charge in [0.15, 0.2) is 0 Å². The van der Waals surface area contributed by atoms with E-state index in [1.807, 2.05) is 11.6 Å². The molecule has 5 nitrogen and oxygen atoms in total. The molecule has 0 atom stereocenters. The zero-order valence-electron chi connectivity index (χ0n) is 5.88. The highest BCUT2D eigenvalue weighted by molar-refractivity contribution is 7.15. The van der Waals surface area contributed by atoms with Crippen LogP contribution < -0.4 is 0 Å². The van der Waals surface area contributed by atoms with E-state index < -0.39 is 0 Å². The van der Waals surface area contributed by atoms with Crippen LogP contribution in [0.4, 0.5) is 0 Å². The summed E-state index contributed by atoms with van der Waals surface area (Å²) in [5.74, 6) is 1.20. The maximum Gasteiger partial charge on any atom is 0.219 e. The minimum absolute atomic E-state index is 0.589. The van der Waals surface area contributed by atoms with E-state index in [0.29, 0.717) is 11.6 Å². The lowest BCUT2D eigenvalue weighted by atomic mass is 10.6. The van der Waals surface area contributed by atoms with Gasteiger partial charge in [0.05, 0.1) is 0 Å². The maximum absolute atomic E-state index is 4.24. The van der Waals surface area contributed by atoms with Gasteiger partial charge in [-0.2, -0.15) is 4.98 Å². The fraction of sp³-hybridized carbons (Fsp3) is 0. The number of nitrogens with zero attached hydrogens (tertiary/aromatic N) is 5. The van der Waals surface area contributed by atoms with Gasteiger partial charge in [-0.1, -0.05) is 0 Å². The highest BCUT2D eigenvalue weighted by Crippen LogP contribution is 2.14. The predicted molar refractivity (Wildman–Crippen MR) is 43.1 cm³/mol. The van der Waals surface area contributed by atoms with Crippen molar-refractivity contribution in [3.05, 3.63) is 17.9 Å². The Morgan fingerprint density at radius 2 is 2.17 bits per heavy atom. The molecule has 58 valence electrons. The number of hydrogen-bond acceptors (Lipinski definition) is 5. The Morgan fingerprint density at radius 3 is 3.17 bits per heavy atom. The highest BCUT2D eigenvalue weighted by atomic mass is 32.1. The zero-order chi connectivity index (χ0) is 7.97. The molecule has 12 heavy (non-hydrogen) atoms. The van der Waals surface area contributed by atoms with Gasteiger partial charge in [-0.15, -0.1) is 16.4 Å². The summed E-state index contributed by atoms with van der Waals surface area (Å²) < 4.78 is 1.70. The van der Waals surface area contributed by atoms with Gasteiger partial charge in [0.2, 0.25) is 16.6 Å². The van der Waals surface area contributed by atoms with Gasteiger partial charge < -0.3 is 0 Å². The summed E-state index contributed by atoms with van der Waals surface area (Å²) in [7, 11) is 0. The molecule has 0 aliphatic carbocycles. The molecule has 0 radical (unpaired) electrons. The Hall–Kier alpha value is -1.56. The first-order valence-electron chi connectivity index (χ1n) is 3.34. The van der Waals surface area contributed by atoms with Gasteiger partial charge in [-0.3, -0.25) is 0 Å². The van der Waals surface area contributed by atoms with E-state index >= 15 is 0 Å². The number of aromatic nitrogens is 5. The van der Waals surface area contributed by atoms with E-state index in [-0.39, 0.29) is 0 Å². The third kappa shape index (κ3) is 0.668. The number of rotatable bonds is 0. The molecule has 0 N–H and O–H groups in total. The van der Waals surface area contributed by atoms with Crippen LogP contribution in [0.25, 0.3) is 16.6 Å². The van der Waals surface area contributed by atoms with Gasteiger partial charge in [0.1, 0.15) is 6.33 Å². The normalized spacial score (nSPS) is 11.3. The molecule has 2 aliphatic rings. The summed E-state index contributed by atoms with van der Waals surface area (Å²) >= 11 is 1.53. The van der Waals surface area contributed by atoms with Crippen LogP contribution >= 0.6 is 11.3 Å². The molecule has 1 aromatic rings. The highest BCUT2D eigenvalue weighted by Gasteiger charge is 2.10. The first kappa shape index (κ1) is 6.01. The summed E-state index contributed by atoms with van der Waals surface area (Å²) in [4.78, 5) is 13.0. The quantitative estimate of drug-likeness (QED) is 0.507. The van der Waals surface area contributed by atoms with Crippen LogP contribution in [0.1, 0.15) is 0 Å². The molecule has 0 amide bonds. The van der Waals surface area contributed by atoms with Crippen LogP contribution in [0.3, 0.4) is 0 Å². The van der Waals surface area contributed by atoms with Gasteiger partial charge in [-0.05, 0) is 0 Å². The van der Waals surface area contributed by atoms with Crippen LogP contribution in [0.5, 0.6) is 0 Å². The smallest absolute Gasteiger partial charge is 0.213 e. The Kier molecular flexibility index (Phi) is 0.991. The Morgan fingerprint density at radius 1 is 1.25 bits per heavy atom. The molecule has 3 rings (SSSR count). The van der Waals surface area contributed by atoms with Crippen molar-refractivity contribution >= 4 is 16.3 Å². The molecule has 1 aromatic heterocycles. The fourth-order valence-electron chi connectivity index (χ4n) is 1.02. The molecule has 0 fully saturated rings. The maximum atomic E-state index is 4.24. The van der Waals surface area contributed by atoms with Crippen LogP contribution in [0.2, 0.25) is 0 Å². The Balaban J connectivity index is 2.56. The van der Waals surface area contributed by atoms with Crippen LogP contribution in [0.15, 0.2) is 17.9 Å². The molecule has 0 saturated carbocycles. The first-order valence-corrected chi connectivity index (χ1v) is 4.22. The lowest BCUT2D eigenvalue weighted by molar-refractivity contribution is 0.901. The van der Waals surface area contributed by atoms with E-state index in [9.17, 15) is 0 Å². The molecule has 0 bridgehead atoms. The van der Waals surface area contributed by atoms with E-state index in [4.69, 9.17) is 0 Å². The van der Waals surface area contributed by atoms with Gasteiger partial charge in [-0.25, -0.2) is 14.5 Å². The molecule has 0 spiro atoms. The SMILES string of the molecule is c1nc2nc3sccn3nc-2n1. The molecule has 0 aromatic carbocycles. The van der Waals surface area contributed by atoms with Crippen molar-refractivity contribution in [3.8, 4) is 11.6 Å². The Bertz CT molecular complexity index is 456. The van der Waals surface area contributed by atoms with Crippen LogP contribution in [-0.2, 0) is 0 Å². The lowest BCUT2D eigenvalue weighted by Crippen LogP contribution is -1.97. The summed E-state index contributed by atoms with van der Waals surface area (Å²) in [6, 6.07) is 0. The first-order chi connectivity index (χ1) is 5.93. The molecule has 6 heteroatoms. The van der Waals surface area contributed by atoms with Crippen LogP contribution in [-0.4, -0.2) is 24.6 Å². The third-order valence-electron chi connectivity index (χ3n) is 1.54.